The van der Waals surface area contributed by atoms with Gasteiger partial charge in [-0.05, 0) is 12.5 Å². The number of carbonyl (C=O) groups is 2. The zero-order chi connectivity index (χ0) is 20.9. The molecule has 0 aliphatic carbocycles. The molecule has 1 amide bonds. The van der Waals surface area contributed by atoms with Crippen LogP contribution in [0.1, 0.15) is 24.8 Å². The van der Waals surface area contributed by atoms with Crippen LogP contribution in [0.2, 0.25) is 0 Å². The standard InChI is InChI=1S/C20H23N5O4.ClH/c1-22-19(21)14-5-3-13(4-6-14)15-7-8-17(25-24-15)29-12-20(11-18(27)28-2)10-9-16(26)23-20;/h3-8H,9-12H2,1-2H3,(H2,21,22)(H,23,26);1H/t20-;/m0./s1. The molecule has 1 fully saturated rings. The number of ether oxygens (including phenoxy) is 2. The number of nitrogens with two attached hydrogens (primary N) is 1. The molecule has 0 spiro atoms. The summed E-state index contributed by atoms with van der Waals surface area (Å²) < 4.78 is 10.4. The number of hydrogen-bond donors (Lipinski definition) is 2. The zero-order valence-electron chi connectivity index (χ0n) is 16.8. The van der Waals surface area contributed by atoms with Crippen molar-refractivity contribution in [1.29, 1.82) is 0 Å². The van der Waals surface area contributed by atoms with Crippen LogP contribution in [0.5, 0.6) is 5.88 Å². The fraction of sp³-hybridized carbons (Fsp3) is 0.350. The van der Waals surface area contributed by atoms with E-state index in [1.54, 1.807) is 19.2 Å². The van der Waals surface area contributed by atoms with Crippen molar-refractivity contribution < 1.29 is 19.1 Å². The van der Waals surface area contributed by atoms with Gasteiger partial charge in [0.05, 0.1) is 24.8 Å². The van der Waals surface area contributed by atoms with Gasteiger partial charge in [-0.3, -0.25) is 14.6 Å². The second-order valence-corrected chi connectivity index (χ2v) is 6.81. The Morgan fingerprint density at radius 2 is 1.97 bits per heavy atom. The molecule has 2 heterocycles. The maximum atomic E-state index is 11.7. The Morgan fingerprint density at radius 3 is 2.50 bits per heavy atom. The van der Waals surface area contributed by atoms with Gasteiger partial charge in [-0.2, -0.15) is 0 Å². The highest BCUT2D eigenvalue weighted by molar-refractivity contribution is 5.97. The van der Waals surface area contributed by atoms with Gasteiger partial charge in [0.15, 0.2) is 0 Å². The molecule has 1 atom stereocenters. The molecule has 2 aromatic rings. The Balaban J connectivity index is 0.00000320. The van der Waals surface area contributed by atoms with E-state index in [0.717, 1.165) is 11.1 Å². The first kappa shape index (κ1) is 23.1. The van der Waals surface area contributed by atoms with Crippen molar-refractivity contribution in [3.63, 3.8) is 0 Å². The molecule has 0 unspecified atom stereocenters. The number of aliphatic imine (C=N–C) groups is 1. The summed E-state index contributed by atoms with van der Waals surface area (Å²) in [7, 11) is 2.95. The number of nitrogens with zero attached hydrogens (tertiary/aromatic N) is 3. The number of aromatic nitrogens is 2. The molecule has 0 bridgehead atoms. The lowest BCUT2D eigenvalue weighted by atomic mass is 9.94. The van der Waals surface area contributed by atoms with Crippen LogP contribution in [-0.4, -0.2) is 54.2 Å². The molecule has 3 N–H and O–H groups in total. The Kier molecular flexibility index (Phi) is 7.71. The molecule has 0 saturated carbocycles. The van der Waals surface area contributed by atoms with Crippen LogP contribution in [0.25, 0.3) is 11.3 Å². The van der Waals surface area contributed by atoms with Gasteiger partial charge in [0.25, 0.3) is 0 Å². The summed E-state index contributed by atoms with van der Waals surface area (Å²) in [5.74, 6) is 0.245. The molecule has 1 aliphatic rings. The van der Waals surface area contributed by atoms with Crippen molar-refractivity contribution in [1.82, 2.24) is 15.5 Å². The van der Waals surface area contributed by atoms with E-state index in [0.29, 0.717) is 30.3 Å². The number of rotatable bonds is 7. The Labute approximate surface area is 180 Å². The van der Waals surface area contributed by atoms with Gasteiger partial charge < -0.3 is 20.5 Å². The van der Waals surface area contributed by atoms with Crippen molar-refractivity contribution in [3.8, 4) is 17.1 Å². The van der Waals surface area contributed by atoms with Crippen LogP contribution in [0.4, 0.5) is 0 Å². The molecule has 1 aromatic heterocycles. The molecule has 30 heavy (non-hydrogen) atoms. The van der Waals surface area contributed by atoms with Crippen molar-refractivity contribution in [2.45, 2.75) is 24.8 Å². The first-order valence-electron chi connectivity index (χ1n) is 9.12. The largest absolute Gasteiger partial charge is 0.474 e. The first-order chi connectivity index (χ1) is 13.9. The van der Waals surface area contributed by atoms with Crippen LogP contribution in [0.15, 0.2) is 41.4 Å². The van der Waals surface area contributed by atoms with Gasteiger partial charge in [-0.25, -0.2) is 0 Å². The predicted molar refractivity (Wildman–Crippen MR) is 114 cm³/mol. The van der Waals surface area contributed by atoms with E-state index in [2.05, 4.69) is 20.5 Å². The molecule has 1 aliphatic heterocycles. The van der Waals surface area contributed by atoms with E-state index in [-0.39, 0.29) is 31.3 Å². The average molecular weight is 434 g/mol. The van der Waals surface area contributed by atoms with Crippen LogP contribution in [-0.2, 0) is 14.3 Å². The Morgan fingerprint density at radius 1 is 1.23 bits per heavy atom. The fourth-order valence-electron chi connectivity index (χ4n) is 3.12. The topological polar surface area (TPSA) is 129 Å². The number of esters is 1. The van der Waals surface area contributed by atoms with Crippen LogP contribution in [0.3, 0.4) is 0 Å². The SMILES string of the molecule is CN=C(N)c1ccc(-c2ccc(OC[C@@]3(CC(=O)OC)CCC(=O)N3)nn2)cc1.Cl. The third kappa shape index (κ3) is 5.44. The van der Waals surface area contributed by atoms with Crippen molar-refractivity contribution in [2.75, 3.05) is 20.8 Å². The quantitative estimate of drug-likeness (QED) is 0.384. The summed E-state index contributed by atoms with van der Waals surface area (Å²) in [6.07, 6.45) is 0.870. The van der Waals surface area contributed by atoms with Crippen molar-refractivity contribution >= 4 is 30.1 Å². The highest BCUT2D eigenvalue weighted by Crippen LogP contribution is 2.26. The minimum atomic E-state index is -0.791. The third-order valence-electron chi connectivity index (χ3n) is 4.80. The van der Waals surface area contributed by atoms with Gasteiger partial charge in [-0.15, -0.1) is 22.6 Å². The van der Waals surface area contributed by atoms with Crippen molar-refractivity contribution in [3.05, 3.63) is 42.0 Å². The third-order valence-corrected chi connectivity index (χ3v) is 4.80. The zero-order valence-corrected chi connectivity index (χ0v) is 17.6. The number of amides is 1. The number of halogens is 1. The van der Waals surface area contributed by atoms with Gasteiger partial charge in [-0.1, -0.05) is 24.3 Å². The van der Waals surface area contributed by atoms with Gasteiger partial charge in [0, 0.05) is 30.7 Å². The number of carbonyl (C=O) groups excluding carboxylic acids is 2. The number of benzene rings is 1. The maximum Gasteiger partial charge on any atom is 0.308 e. The Bertz CT molecular complexity index is 918. The number of amidine groups is 1. The highest BCUT2D eigenvalue weighted by atomic mass is 35.5. The van der Waals surface area contributed by atoms with E-state index < -0.39 is 11.5 Å². The maximum absolute atomic E-state index is 11.7. The van der Waals surface area contributed by atoms with E-state index in [9.17, 15) is 9.59 Å². The monoisotopic (exact) mass is 433 g/mol. The predicted octanol–water partition coefficient (Wildman–Crippen LogP) is 1.49. The first-order valence-corrected chi connectivity index (χ1v) is 9.12. The lowest BCUT2D eigenvalue weighted by Gasteiger charge is -2.27. The van der Waals surface area contributed by atoms with E-state index in [1.807, 2.05) is 24.3 Å². The summed E-state index contributed by atoms with van der Waals surface area (Å²) in [5, 5.41) is 11.1. The van der Waals surface area contributed by atoms with Crippen LogP contribution in [0, 0.1) is 0 Å². The number of methoxy groups -OCH3 is 1. The van der Waals surface area contributed by atoms with Crippen LogP contribution >= 0.6 is 12.4 Å². The van der Waals surface area contributed by atoms with E-state index in [1.165, 1.54) is 7.11 Å². The Hall–Kier alpha value is -3.20. The summed E-state index contributed by atoms with van der Waals surface area (Å²) in [6.45, 7) is 0.103. The van der Waals surface area contributed by atoms with Gasteiger partial charge in [0.1, 0.15) is 12.4 Å². The van der Waals surface area contributed by atoms with Gasteiger partial charge in [0.2, 0.25) is 11.8 Å². The second kappa shape index (κ2) is 10.0. The van der Waals surface area contributed by atoms with E-state index >= 15 is 0 Å². The van der Waals surface area contributed by atoms with E-state index in [4.69, 9.17) is 15.2 Å². The van der Waals surface area contributed by atoms with Crippen molar-refractivity contribution in [2.24, 2.45) is 10.7 Å². The molecule has 9 nitrogen and oxygen atoms in total. The highest BCUT2D eigenvalue weighted by Gasteiger charge is 2.41. The molecule has 10 heteroatoms. The minimum absolute atomic E-state index is 0. The normalized spacial score (nSPS) is 18.3. The average Bonchev–Trinajstić information content (AvgIpc) is 3.12. The molecular formula is C20H24ClN5O4. The minimum Gasteiger partial charge on any atom is -0.474 e. The lowest BCUT2D eigenvalue weighted by Crippen LogP contribution is -2.48. The molecule has 0 radical (unpaired) electrons. The molecule has 3 rings (SSSR count). The molecule has 1 saturated heterocycles. The van der Waals surface area contributed by atoms with Crippen LogP contribution < -0.4 is 15.8 Å². The molecule has 1 aromatic carbocycles. The summed E-state index contributed by atoms with van der Waals surface area (Å²) >= 11 is 0. The summed E-state index contributed by atoms with van der Waals surface area (Å²) in [5.41, 5.74) is 7.39. The van der Waals surface area contributed by atoms with Gasteiger partial charge >= 0.3 is 5.97 Å². The summed E-state index contributed by atoms with van der Waals surface area (Å²) in [4.78, 5) is 27.3. The summed E-state index contributed by atoms with van der Waals surface area (Å²) in [6, 6.07) is 11.0. The second-order valence-electron chi connectivity index (χ2n) is 6.81. The number of hydrogen-bond acceptors (Lipinski definition) is 7. The lowest BCUT2D eigenvalue weighted by molar-refractivity contribution is -0.142. The fourth-order valence-corrected chi connectivity index (χ4v) is 3.12. The smallest absolute Gasteiger partial charge is 0.308 e. The number of nitrogens with one attached hydrogen (secondary N) is 1. The molecular weight excluding hydrogens is 410 g/mol. The molecule has 160 valence electrons.